The molecule has 1 aliphatic heterocycles. The van der Waals surface area contributed by atoms with Gasteiger partial charge in [-0.1, -0.05) is 23.6 Å². The molecule has 1 saturated carbocycles. The first-order valence-electron chi connectivity index (χ1n) is 21.9. The maximum Gasteiger partial charge on any atom is 0.435 e. The molecule has 5 aromatic rings. The van der Waals surface area contributed by atoms with Gasteiger partial charge < -0.3 is 15.3 Å². The molecule has 4 heterocycles. The summed E-state index contributed by atoms with van der Waals surface area (Å²) in [6.07, 6.45) is -10.1. The van der Waals surface area contributed by atoms with Crippen molar-refractivity contribution in [2.75, 3.05) is 23.4 Å². The highest BCUT2D eigenvalue weighted by molar-refractivity contribution is 7.93. The number of fused-ring (bicyclic) bond motifs is 4. The summed E-state index contributed by atoms with van der Waals surface area (Å²) in [4.78, 5) is 45.6. The number of urea groups is 1. The van der Waals surface area contributed by atoms with Crippen molar-refractivity contribution in [1.82, 2.24) is 34.8 Å². The third-order valence-electron chi connectivity index (χ3n) is 12.8. The Kier molecular flexibility index (Phi) is 13.4. The molecule has 0 bridgehead atoms. The molecule has 3 amide bonds. The number of aromatic nitrogens is 5. The first kappa shape index (κ1) is 53.8. The Morgan fingerprint density at radius 2 is 1.61 bits per heavy atom. The Labute approximate surface area is 418 Å². The van der Waals surface area contributed by atoms with Crippen LogP contribution in [0.15, 0.2) is 42.5 Å². The highest BCUT2D eigenvalue weighted by atomic mass is 35.5. The van der Waals surface area contributed by atoms with E-state index in [-0.39, 0.29) is 56.3 Å². The van der Waals surface area contributed by atoms with Crippen molar-refractivity contribution in [2.45, 2.75) is 93.6 Å². The average Bonchev–Trinajstić information content (AvgIpc) is 3.48. The first-order chi connectivity index (χ1) is 34.1. The summed E-state index contributed by atoms with van der Waals surface area (Å²) in [6.45, 7) is -1.20. The molecular formula is C45H39ClF10N8O8S2. The van der Waals surface area contributed by atoms with Gasteiger partial charge in [-0.15, -0.1) is 0 Å². The lowest BCUT2D eigenvalue weighted by atomic mass is 9.93. The number of likely N-dealkylation sites (tertiary alicyclic amines) is 1. The molecule has 8 rings (SSSR count). The summed E-state index contributed by atoms with van der Waals surface area (Å²) in [5, 5.41) is 18.4. The van der Waals surface area contributed by atoms with E-state index in [2.05, 4.69) is 32.3 Å². The Bertz CT molecular complexity index is 3460. The molecule has 4 atom stereocenters. The number of nitrogens with zero attached hydrogens (tertiary/aromatic N) is 7. The number of halogens is 11. The molecule has 3 aliphatic rings. The van der Waals surface area contributed by atoms with E-state index in [9.17, 15) is 71.4 Å². The molecule has 2 aromatic carbocycles. The summed E-state index contributed by atoms with van der Waals surface area (Å²) >= 11 is 6.66. The predicted octanol–water partition coefficient (Wildman–Crippen LogP) is 7.73. The van der Waals surface area contributed by atoms with E-state index in [0.717, 1.165) is 42.7 Å². The van der Waals surface area contributed by atoms with Crippen molar-refractivity contribution in [3.63, 3.8) is 0 Å². The Balaban J connectivity index is 1.37. The number of pyridine rings is 1. The van der Waals surface area contributed by atoms with Gasteiger partial charge in [0.2, 0.25) is 15.9 Å². The number of alkyl halides is 8. The van der Waals surface area contributed by atoms with E-state index < -0.39 is 166 Å². The molecule has 2 N–H and O–H groups in total. The summed E-state index contributed by atoms with van der Waals surface area (Å²) in [5.41, 5.74) is -6.13. The maximum atomic E-state index is 15.6. The van der Waals surface area contributed by atoms with Crippen molar-refractivity contribution in [1.29, 1.82) is 0 Å². The van der Waals surface area contributed by atoms with E-state index in [0.29, 0.717) is 17.2 Å². The average molecular weight is 1110 g/mol. The van der Waals surface area contributed by atoms with Crippen LogP contribution in [0.3, 0.4) is 0 Å². The Morgan fingerprint density at radius 3 is 2.20 bits per heavy atom. The molecule has 2 aliphatic carbocycles. The van der Waals surface area contributed by atoms with Crippen molar-refractivity contribution in [3.8, 4) is 23.0 Å². The van der Waals surface area contributed by atoms with Gasteiger partial charge in [-0.3, -0.25) is 14.2 Å². The molecular weight excluding hydrogens is 1070 g/mol. The van der Waals surface area contributed by atoms with Crippen molar-refractivity contribution < 1.29 is 80.2 Å². The molecule has 1 saturated heterocycles. The topological polar surface area (TPSA) is 207 Å². The molecule has 0 spiro atoms. The number of sulfone groups is 1. The van der Waals surface area contributed by atoms with Crippen LogP contribution in [0, 0.1) is 29.4 Å². The number of carbonyl (C=O) groups excluding carboxylic acids is 2. The van der Waals surface area contributed by atoms with Gasteiger partial charge in [0.1, 0.15) is 46.9 Å². The number of benzene rings is 2. The smallest absolute Gasteiger partial charge is 0.435 e. The number of hydrogen-bond acceptors (Lipinski definition) is 10. The van der Waals surface area contributed by atoms with Gasteiger partial charge in [0.05, 0.1) is 33.9 Å². The van der Waals surface area contributed by atoms with Gasteiger partial charge in [0.25, 0.3) is 5.92 Å². The van der Waals surface area contributed by atoms with Crippen molar-refractivity contribution >= 4 is 66.1 Å². The van der Waals surface area contributed by atoms with Gasteiger partial charge in [0.15, 0.2) is 21.3 Å². The van der Waals surface area contributed by atoms with E-state index in [1.807, 2.05) is 0 Å². The lowest BCUT2D eigenvalue weighted by molar-refractivity contribution is -0.143. The number of aliphatic carboxylic acids is 1. The molecule has 2 fully saturated rings. The highest BCUT2D eigenvalue weighted by Crippen LogP contribution is 2.68. The largest absolute Gasteiger partial charge is 0.480 e. The number of carbonyl (C=O) groups is 3. The molecule has 0 radical (unpaired) electrons. The van der Waals surface area contributed by atoms with E-state index in [1.54, 1.807) is 0 Å². The zero-order chi connectivity index (χ0) is 54.6. The molecule has 3 aromatic heterocycles. The normalized spacial score (nSPS) is 18.9. The van der Waals surface area contributed by atoms with Crippen molar-refractivity contribution in [3.05, 3.63) is 93.0 Å². The summed E-state index contributed by atoms with van der Waals surface area (Å²) in [6, 6.07) is 1.50. The number of sulfonamides is 1. The summed E-state index contributed by atoms with van der Waals surface area (Å²) in [5.74, 6) is -7.73. The third kappa shape index (κ3) is 10.2. The quantitative estimate of drug-likeness (QED) is 0.0913. The van der Waals surface area contributed by atoms with Crippen LogP contribution in [0.4, 0.5) is 54.5 Å². The van der Waals surface area contributed by atoms with Gasteiger partial charge >= 0.3 is 24.4 Å². The first-order valence-corrected chi connectivity index (χ1v) is 26.0. The van der Waals surface area contributed by atoms with Crippen LogP contribution in [-0.2, 0) is 61.1 Å². The van der Waals surface area contributed by atoms with Crippen LogP contribution < -0.4 is 9.62 Å². The minimum atomic E-state index is -5.24. The predicted molar refractivity (Wildman–Crippen MR) is 243 cm³/mol. The van der Waals surface area contributed by atoms with Crippen molar-refractivity contribution in [2.24, 2.45) is 5.92 Å². The van der Waals surface area contributed by atoms with Gasteiger partial charge in [0, 0.05) is 41.5 Å². The summed E-state index contributed by atoms with van der Waals surface area (Å²) in [7, 11) is -8.86. The van der Waals surface area contributed by atoms with Gasteiger partial charge in [-0.2, -0.15) is 49.6 Å². The zero-order valence-electron chi connectivity index (χ0n) is 38.7. The Hall–Kier alpha value is -6.47. The molecule has 74 heavy (non-hydrogen) atoms. The van der Waals surface area contributed by atoms with Crippen LogP contribution in [0.2, 0.25) is 5.02 Å². The number of nitrogens with one attached hydrogen (secondary N) is 1. The van der Waals surface area contributed by atoms with Crippen LogP contribution >= 0.6 is 11.6 Å². The third-order valence-corrected chi connectivity index (χ3v) is 16.1. The monoisotopic (exact) mass is 1110 g/mol. The summed E-state index contributed by atoms with van der Waals surface area (Å²) < 4.78 is 198. The number of carboxylic acid groups (broad SMARTS) is 1. The van der Waals surface area contributed by atoms with Crippen LogP contribution in [-0.4, -0.2) is 105 Å². The zero-order valence-corrected chi connectivity index (χ0v) is 41.1. The minimum absolute atomic E-state index is 0.0226. The fourth-order valence-electron chi connectivity index (χ4n) is 9.16. The van der Waals surface area contributed by atoms with E-state index in [1.165, 1.54) is 13.8 Å². The SMILES string of the molecule is CC(C)(C#Cc1ccc(-c2ccc(Cl)c3c(N(C(=O)N4CCC[C@H]4C(=O)O)S(C)(=O)=O)nn(CC(F)(F)F)c23)c([C@H](Cc2cc(F)cc(F)c2)NC(=O)Cn2nc(C(F)(F)F)c3c2C(F)(F)[C@@H]2C[C@H]32)n1)S(C)(=O)=O. The minimum Gasteiger partial charge on any atom is -0.480 e. The standard InChI is InChI=1S/C45H39ClF10N8O8S2/c1-42(2,73(3,69)70)12-11-24-7-8-25(26-9-10-29(46)34-36(26)63(20-43(49,50)51)60-39(34)64(74(4,71)72)41(68)61-13-5-6-31(61)40(66)67)35(57-24)30(16-21-14-22(47)17-23(48)15-21)58-32(65)19-62-38-33(37(59-62)45(54,55)56)27-18-28(27)44(38,52)53/h7-10,14-15,17,27-28,30-31H,5-6,13,16,18-20H2,1-4H3,(H,58,65)(H,66,67)/t27-,28+,30-,31-/m0/s1. The number of carboxylic acids is 1. The van der Waals surface area contributed by atoms with Crippen LogP contribution in [0.25, 0.3) is 22.0 Å². The van der Waals surface area contributed by atoms with E-state index in [4.69, 9.17) is 11.6 Å². The highest BCUT2D eigenvalue weighted by Gasteiger charge is 2.68. The number of anilines is 1. The van der Waals surface area contributed by atoms with Gasteiger partial charge in [-0.25, -0.2) is 40.2 Å². The van der Waals surface area contributed by atoms with Crippen LogP contribution in [0.1, 0.15) is 79.0 Å². The lowest BCUT2D eigenvalue weighted by Gasteiger charge is -2.27. The fraction of sp³-hybridized carbons (Fsp3) is 0.422. The number of amides is 3. The fourth-order valence-corrected chi connectivity index (χ4v) is 10.5. The second-order valence-electron chi connectivity index (χ2n) is 18.5. The number of rotatable bonds is 12. The molecule has 16 nitrogen and oxygen atoms in total. The Morgan fingerprint density at radius 1 is 0.959 bits per heavy atom. The van der Waals surface area contributed by atoms with E-state index >= 15 is 8.78 Å². The second kappa shape index (κ2) is 18.4. The second-order valence-corrected chi connectivity index (χ2v) is 23.3. The van der Waals surface area contributed by atoms with Gasteiger partial charge in [-0.05, 0) is 87.3 Å². The lowest BCUT2D eigenvalue weighted by Crippen LogP contribution is -2.50. The molecule has 29 heteroatoms. The molecule has 0 unspecified atom stereocenters. The number of hydrogen-bond donors (Lipinski definition) is 2. The maximum absolute atomic E-state index is 15.6. The molecule has 396 valence electrons. The van der Waals surface area contributed by atoms with Crippen LogP contribution in [0.5, 0.6) is 0 Å².